The van der Waals surface area contributed by atoms with Gasteiger partial charge in [0.05, 0.1) is 20.8 Å². The molecule has 0 aliphatic carbocycles. The second-order valence-corrected chi connectivity index (χ2v) is 5.38. The lowest BCUT2D eigenvalue weighted by Crippen LogP contribution is -2.57. The van der Waals surface area contributed by atoms with E-state index < -0.39 is 6.04 Å². The van der Waals surface area contributed by atoms with Gasteiger partial charge >= 0.3 is 0 Å². The second kappa shape index (κ2) is 6.68. The zero-order chi connectivity index (χ0) is 16.3. The third kappa shape index (κ3) is 3.16. The number of hydrogen-bond donors (Lipinski definition) is 0. The standard InChI is InChI=1S/C16H22N2O4/c1-11-16(20)18(10-15(19)17(11)2)8-7-12-5-6-13(21-3)14(9-12)22-4/h5-6,9,11H,7-8,10H2,1-4H3. The summed E-state index contributed by atoms with van der Waals surface area (Å²) in [5, 5.41) is 0. The number of hydrogen-bond acceptors (Lipinski definition) is 4. The van der Waals surface area contributed by atoms with Gasteiger partial charge in [-0.2, -0.15) is 0 Å². The Kier molecular flexibility index (Phi) is 4.90. The first-order valence-electron chi connectivity index (χ1n) is 7.23. The van der Waals surface area contributed by atoms with Gasteiger partial charge in [-0.15, -0.1) is 0 Å². The van der Waals surface area contributed by atoms with Crippen molar-refractivity contribution in [2.45, 2.75) is 19.4 Å². The maximum absolute atomic E-state index is 12.2. The fraction of sp³-hybridized carbons (Fsp3) is 0.500. The molecule has 1 unspecified atom stereocenters. The Morgan fingerprint density at radius 3 is 2.50 bits per heavy atom. The first-order valence-corrected chi connectivity index (χ1v) is 7.23. The third-order valence-electron chi connectivity index (χ3n) is 4.09. The predicted molar refractivity (Wildman–Crippen MR) is 82.1 cm³/mol. The Bertz CT molecular complexity index is 573. The van der Waals surface area contributed by atoms with E-state index in [-0.39, 0.29) is 18.4 Å². The molecule has 22 heavy (non-hydrogen) atoms. The Morgan fingerprint density at radius 2 is 1.86 bits per heavy atom. The quantitative estimate of drug-likeness (QED) is 0.812. The third-order valence-corrected chi connectivity index (χ3v) is 4.09. The zero-order valence-electron chi connectivity index (χ0n) is 13.5. The summed E-state index contributed by atoms with van der Waals surface area (Å²) < 4.78 is 10.5. The van der Waals surface area contributed by atoms with Gasteiger partial charge in [-0.1, -0.05) is 6.07 Å². The number of nitrogens with zero attached hydrogens (tertiary/aromatic N) is 2. The molecule has 1 atom stereocenters. The number of carbonyl (C=O) groups is 2. The van der Waals surface area contributed by atoms with E-state index in [0.717, 1.165) is 5.56 Å². The van der Waals surface area contributed by atoms with Crippen LogP contribution in [0.3, 0.4) is 0 Å². The van der Waals surface area contributed by atoms with Gasteiger partial charge in [-0.3, -0.25) is 9.59 Å². The average Bonchev–Trinajstić information content (AvgIpc) is 2.54. The smallest absolute Gasteiger partial charge is 0.245 e. The van der Waals surface area contributed by atoms with E-state index in [1.54, 1.807) is 33.1 Å². The monoisotopic (exact) mass is 306 g/mol. The summed E-state index contributed by atoms with van der Waals surface area (Å²) in [6.45, 7) is 2.41. The van der Waals surface area contributed by atoms with Gasteiger partial charge in [-0.25, -0.2) is 0 Å². The molecule has 0 aromatic heterocycles. The molecule has 1 aliphatic rings. The Balaban J connectivity index is 2.03. The molecule has 0 radical (unpaired) electrons. The van der Waals surface area contributed by atoms with Crippen molar-refractivity contribution >= 4 is 11.8 Å². The lowest BCUT2D eigenvalue weighted by Gasteiger charge is -2.36. The molecule has 1 saturated heterocycles. The summed E-state index contributed by atoms with van der Waals surface area (Å²) in [6, 6.07) is 5.28. The molecule has 1 heterocycles. The molecule has 0 spiro atoms. The minimum absolute atomic E-state index is 0.0115. The van der Waals surface area contributed by atoms with Crippen LogP contribution in [0.5, 0.6) is 11.5 Å². The van der Waals surface area contributed by atoms with Gasteiger partial charge in [0, 0.05) is 13.6 Å². The summed E-state index contributed by atoms with van der Waals surface area (Å²) in [5.74, 6) is 1.29. The molecule has 1 fully saturated rings. The largest absolute Gasteiger partial charge is 0.493 e. The summed E-state index contributed by atoms with van der Waals surface area (Å²) in [5.41, 5.74) is 1.03. The van der Waals surface area contributed by atoms with E-state index >= 15 is 0 Å². The topological polar surface area (TPSA) is 59.1 Å². The number of likely N-dealkylation sites (N-methyl/N-ethyl adjacent to an activating group) is 1. The van der Waals surface area contributed by atoms with E-state index in [4.69, 9.17) is 9.47 Å². The first kappa shape index (κ1) is 16.1. The number of amides is 2. The summed E-state index contributed by atoms with van der Waals surface area (Å²) in [4.78, 5) is 27.2. The van der Waals surface area contributed by atoms with Gasteiger partial charge < -0.3 is 19.3 Å². The molecule has 1 aromatic rings. The van der Waals surface area contributed by atoms with Crippen molar-refractivity contribution < 1.29 is 19.1 Å². The average molecular weight is 306 g/mol. The Morgan fingerprint density at radius 1 is 1.18 bits per heavy atom. The summed E-state index contributed by atoms with van der Waals surface area (Å²) >= 11 is 0. The summed E-state index contributed by atoms with van der Waals surface area (Å²) in [6.07, 6.45) is 0.663. The highest BCUT2D eigenvalue weighted by Crippen LogP contribution is 2.27. The van der Waals surface area contributed by atoms with Gasteiger partial charge in [0.25, 0.3) is 0 Å². The molecule has 1 aliphatic heterocycles. The molecule has 0 N–H and O–H groups in total. The minimum Gasteiger partial charge on any atom is -0.493 e. The van der Waals surface area contributed by atoms with Crippen molar-refractivity contribution in [2.75, 3.05) is 34.4 Å². The molecule has 6 heteroatoms. The van der Waals surface area contributed by atoms with E-state index in [1.165, 1.54) is 4.90 Å². The predicted octanol–water partition coefficient (Wildman–Crippen LogP) is 0.935. The van der Waals surface area contributed by atoms with Gasteiger partial charge in [0.1, 0.15) is 6.04 Å². The number of carbonyl (C=O) groups excluding carboxylic acids is 2. The van der Waals surface area contributed by atoms with Crippen molar-refractivity contribution in [1.82, 2.24) is 9.80 Å². The highest BCUT2D eigenvalue weighted by atomic mass is 16.5. The van der Waals surface area contributed by atoms with Crippen LogP contribution in [0.25, 0.3) is 0 Å². The van der Waals surface area contributed by atoms with Crippen LogP contribution in [0.15, 0.2) is 18.2 Å². The molecule has 6 nitrogen and oxygen atoms in total. The lowest BCUT2D eigenvalue weighted by atomic mass is 10.1. The number of ether oxygens (including phenoxy) is 2. The van der Waals surface area contributed by atoms with Crippen molar-refractivity contribution in [3.63, 3.8) is 0 Å². The van der Waals surface area contributed by atoms with Crippen LogP contribution in [-0.4, -0.2) is 62.0 Å². The molecule has 2 amide bonds. The fourth-order valence-electron chi connectivity index (χ4n) is 2.49. The Labute approximate surface area is 130 Å². The molecule has 0 saturated carbocycles. The highest BCUT2D eigenvalue weighted by Gasteiger charge is 2.33. The number of piperazine rings is 1. The second-order valence-electron chi connectivity index (χ2n) is 5.38. The molecular weight excluding hydrogens is 284 g/mol. The van der Waals surface area contributed by atoms with Crippen molar-refractivity contribution in [3.8, 4) is 11.5 Å². The number of benzene rings is 1. The molecule has 120 valence electrons. The van der Waals surface area contributed by atoms with Crippen LogP contribution in [0, 0.1) is 0 Å². The van der Waals surface area contributed by atoms with Crippen LogP contribution < -0.4 is 9.47 Å². The lowest BCUT2D eigenvalue weighted by molar-refractivity contribution is -0.153. The van der Waals surface area contributed by atoms with E-state index in [2.05, 4.69) is 0 Å². The van der Waals surface area contributed by atoms with Gasteiger partial charge in [0.15, 0.2) is 11.5 Å². The van der Waals surface area contributed by atoms with Crippen LogP contribution in [0.2, 0.25) is 0 Å². The molecular formula is C16H22N2O4. The zero-order valence-corrected chi connectivity index (χ0v) is 13.5. The summed E-state index contributed by atoms with van der Waals surface area (Å²) in [7, 11) is 4.84. The number of methoxy groups -OCH3 is 2. The van der Waals surface area contributed by atoms with Crippen LogP contribution in [-0.2, 0) is 16.0 Å². The van der Waals surface area contributed by atoms with E-state index in [0.29, 0.717) is 24.5 Å². The fourth-order valence-corrected chi connectivity index (χ4v) is 2.49. The van der Waals surface area contributed by atoms with E-state index in [1.807, 2.05) is 18.2 Å². The van der Waals surface area contributed by atoms with Crippen LogP contribution in [0.1, 0.15) is 12.5 Å². The molecule has 1 aromatic carbocycles. The molecule has 0 bridgehead atoms. The normalized spacial score (nSPS) is 18.6. The maximum Gasteiger partial charge on any atom is 0.245 e. The maximum atomic E-state index is 12.2. The highest BCUT2D eigenvalue weighted by molar-refractivity contribution is 5.94. The van der Waals surface area contributed by atoms with Crippen molar-refractivity contribution in [2.24, 2.45) is 0 Å². The van der Waals surface area contributed by atoms with Crippen LogP contribution in [0.4, 0.5) is 0 Å². The number of rotatable bonds is 5. The minimum atomic E-state index is -0.397. The SMILES string of the molecule is COc1ccc(CCN2CC(=O)N(C)C(C)C2=O)cc1OC. The van der Waals surface area contributed by atoms with E-state index in [9.17, 15) is 9.59 Å². The Hall–Kier alpha value is -2.24. The first-order chi connectivity index (χ1) is 10.5. The van der Waals surface area contributed by atoms with Crippen molar-refractivity contribution in [3.05, 3.63) is 23.8 Å². The molecule has 2 rings (SSSR count). The van der Waals surface area contributed by atoms with Gasteiger partial charge in [-0.05, 0) is 31.0 Å². The van der Waals surface area contributed by atoms with Crippen molar-refractivity contribution in [1.29, 1.82) is 0 Å². The van der Waals surface area contributed by atoms with Crippen LogP contribution >= 0.6 is 0 Å². The van der Waals surface area contributed by atoms with Gasteiger partial charge in [0.2, 0.25) is 11.8 Å².